The molecule has 1 aromatic heterocycles. The maximum absolute atomic E-state index is 3.98. The number of hydrogen-bond donors (Lipinski definition) is 1. The standard InChI is InChI=1S/C48H39N/c1-47(2,3)38-18-12-10-16-29(38)33-24-35-36-26-40(27-14-8-7-9-15-27)49-46(36)37-25-34(30-17-11-13-19-39(30)48(4,5)6)32-23-21-28-20-22-31(33)42-41(28)43(32)45(37)44(35)42/h7-26,49H,1-6H3. The van der Waals surface area contributed by atoms with Gasteiger partial charge in [0.25, 0.3) is 0 Å². The number of fused-ring (bicyclic) bond motifs is 3. The van der Waals surface area contributed by atoms with Crippen LogP contribution in [0.4, 0.5) is 0 Å². The highest BCUT2D eigenvalue weighted by Crippen LogP contribution is 2.55. The van der Waals surface area contributed by atoms with Gasteiger partial charge in [-0.15, -0.1) is 0 Å². The van der Waals surface area contributed by atoms with Crippen LogP contribution in [0, 0.1) is 0 Å². The van der Waals surface area contributed by atoms with Gasteiger partial charge in [0, 0.05) is 21.9 Å². The summed E-state index contributed by atoms with van der Waals surface area (Å²) in [6, 6.07) is 45.8. The van der Waals surface area contributed by atoms with Crippen LogP contribution in [0.15, 0.2) is 121 Å². The Morgan fingerprint density at radius 3 is 1.45 bits per heavy atom. The lowest BCUT2D eigenvalue weighted by atomic mass is 9.80. The Kier molecular flexibility index (Phi) is 5.61. The first kappa shape index (κ1) is 28.6. The molecule has 49 heavy (non-hydrogen) atoms. The molecule has 1 nitrogen and oxygen atoms in total. The molecule has 9 aromatic carbocycles. The molecule has 0 bridgehead atoms. The Labute approximate surface area is 287 Å². The molecule has 0 aliphatic carbocycles. The van der Waals surface area contributed by atoms with Crippen molar-refractivity contribution in [1.82, 2.24) is 4.98 Å². The minimum absolute atomic E-state index is 0.00661. The minimum atomic E-state index is 0.00661. The summed E-state index contributed by atoms with van der Waals surface area (Å²) in [6.07, 6.45) is 0. The molecule has 1 heterocycles. The average molecular weight is 630 g/mol. The van der Waals surface area contributed by atoms with Gasteiger partial charge in [-0.25, -0.2) is 0 Å². The maximum atomic E-state index is 3.98. The summed E-state index contributed by atoms with van der Waals surface area (Å²) in [4.78, 5) is 3.98. The predicted molar refractivity (Wildman–Crippen MR) is 213 cm³/mol. The van der Waals surface area contributed by atoms with Crippen molar-refractivity contribution in [3.63, 3.8) is 0 Å². The fourth-order valence-electron chi connectivity index (χ4n) is 9.02. The highest BCUT2D eigenvalue weighted by molar-refractivity contribution is 6.50. The molecule has 0 unspecified atom stereocenters. The number of aromatic nitrogens is 1. The van der Waals surface area contributed by atoms with Gasteiger partial charge < -0.3 is 4.98 Å². The van der Waals surface area contributed by atoms with E-state index in [2.05, 4.69) is 168 Å². The molecular weight excluding hydrogens is 591 g/mol. The van der Waals surface area contributed by atoms with E-state index in [-0.39, 0.29) is 10.8 Å². The van der Waals surface area contributed by atoms with Gasteiger partial charge >= 0.3 is 0 Å². The van der Waals surface area contributed by atoms with Gasteiger partial charge in [-0.1, -0.05) is 145 Å². The molecule has 0 fully saturated rings. The Morgan fingerprint density at radius 2 is 0.878 bits per heavy atom. The lowest BCUT2D eigenvalue weighted by Gasteiger charge is -2.24. The largest absolute Gasteiger partial charge is 0.354 e. The molecule has 1 heteroatoms. The van der Waals surface area contributed by atoms with Crippen LogP contribution in [0.25, 0.3) is 98.3 Å². The zero-order chi connectivity index (χ0) is 33.4. The first-order valence-corrected chi connectivity index (χ1v) is 17.6. The van der Waals surface area contributed by atoms with Crippen LogP contribution in [0.5, 0.6) is 0 Å². The molecule has 0 aliphatic heterocycles. The third-order valence-corrected chi connectivity index (χ3v) is 11.1. The van der Waals surface area contributed by atoms with Gasteiger partial charge in [0.15, 0.2) is 0 Å². The Balaban J connectivity index is 1.46. The molecule has 236 valence electrons. The van der Waals surface area contributed by atoms with Crippen molar-refractivity contribution in [2.75, 3.05) is 0 Å². The van der Waals surface area contributed by atoms with E-state index in [0.717, 1.165) is 5.69 Å². The molecule has 0 saturated carbocycles. The molecular formula is C48H39N. The molecule has 10 rings (SSSR count). The van der Waals surface area contributed by atoms with Gasteiger partial charge in [0.2, 0.25) is 0 Å². The van der Waals surface area contributed by atoms with E-state index >= 15 is 0 Å². The summed E-state index contributed by atoms with van der Waals surface area (Å²) in [5.41, 5.74) is 11.6. The topological polar surface area (TPSA) is 15.8 Å². The molecule has 0 saturated heterocycles. The molecule has 0 aliphatic rings. The number of rotatable bonds is 3. The smallest absolute Gasteiger partial charge is 0.0545 e. The van der Waals surface area contributed by atoms with E-state index < -0.39 is 0 Å². The van der Waals surface area contributed by atoms with Crippen molar-refractivity contribution < 1.29 is 0 Å². The second-order valence-electron chi connectivity index (χ2n) is 16.2. The van der Waals surface area contributed by atoms with Crippen LogP contribution in [0.2, 0.25) is 0 Å². The summed E-state index contributed by atoms with van der Waals surface area (Å²) in [6.45, 7) is 14.0. The van der Waals surface area contributed by atoms with Crippen molar-refractivity contribution in [2.24, 2.45) is 0 Å². The molecule has 1 N–H and O–H groups in total. The van der Waals surface area contributed by atoms with E-state index in [9.17, 15) is 0 Å². The molecule has 0 spiro atoms. The number of benzene rings is 8. The highest BCUT2D eigenvalue weighted by atomic mass is 14.7. The molecule has 0 radical (unpaired) electrons. The van der Waals surface area contributed by atoms with Gasteiger partial charge in [0.05, 0.1) is 5.52 Å². The van der Waals surface area contributed by atoms with Crippen LogP contribution >= 0.6 is 0 Å². The van der Waals surface area contributed by atoms with E-state index in [1.165, 1.54) is 104 Å². The van der Waals surface area contributed by atoms with Crippen LogP contribution in [-0.4, -0.2) is 4.98 Å². The third-order valence-electron chi connectivity index (χ3n) is 11.1. The summed E-state index contributed by atoms with van der Waals surface area (Å²) in [7, 11) is 0. The average Bonchev–Trinajstić information content (AvgIpc) is 3.71. The minimum Gasteiger partial charge on any atom is -0.354 e. The van der Waals surface area contributed by atoms with E-state index in [0.29, 0.717) is 0 Å². The summed E-state index contributed by atoms with van der Waals surface area (Å²) in [5.74, 6) is 0. The Bertz CT molecular complexity index is 2700. The normalized spacial score (nSPS) is 13.1. The lowest BCUT2D eigenvalue weighted by molar-refractivity contribution is 0.592. The number of nitrogens with one attached hydrogen (secondary N) is 1. The fraction of sp³-hybridized carbons (Fsp3) is 0.167. The van der Waals surface area contributed by atoms with Crippen molar-refractivity contribution >= 4 is 64.8 Å². The Morgan fingerprint density at radius 1 is 0.388 bits per heavy atom. The lowest BCUT2D eigenvalue weighted by Crippen LogP contribution is -2.12. The number of H-pyrrole nitrogens is 1. The van der Waals surface area contributed by atoms with Gasteiger partial charge in [0.1, 0.15) is 0 Å². The first-order chi connectivity index (χ1) is 23.6. The SMILES string of the molecule is CC(C)(C)c1ccccc1-c1cc2c3cc(-c4ccccc4)[nH]c3c3cc(-c4ccccc4C(C)(C)C)c4ccc5ccc1c1c5c4c3c21. The zero-order valence-electron chi connectivity index (χ0n) is 29.0. The summed E-state index contributed by atoms with van der Waals surface area (Å²) in [5, 5.41) is 14.9. The Hall–Kier alpha value is -5.40. The fourth-order valence-corrected chi connectivity index (χ4v) is 9.02. The second kappa shape index (κ2) is 9.61. The van der Waals surface area contributed by atoms with Crippen LogP contribution in [-0.2, 0) is 10.8 Å². The molecule has 0 atom stereocenters. The van der Waals surface area contributed by atoms with E-state index in [1.807, 2.05) is 0 Å². The van der Waals surface area contributed by atoms with E-state index in [1.54, 1.807) is 0 Å². The van der Waals surface area contributed by atoms with Crippen molar-refractivity contribution in [2.45, 2.75) is 52.4 Å². The quantitative estimate of drug-likeness (QED) is 0.187. The highest BCUT2D eigenvalue weighted by Gasteiger charge is 2.29. The molecule has 0 amide bonds. The monoisotopic (exact) mass is 629 g/mol. The van der Waals surface area contributed by atoms with Crippen LogP contribution in [0.1, 0.15) is 52.7 Å². The van der Waals surface area contributed by atoms with E-state index in [4.69, 9.17) is 0 Å². The third kappa shape index (κ3) is 3.88. The maximum Gasteiger partial charge on any atom is 0.0545 e. The van der Waals surface area contributed by atoms with Crippen molar-refractivity contribution in [3.05, 3.63) is 132 Å². The van der Waals surface area contributed by atoms with Crippen molar-refractivity contribution in [1.29, 1.82) is 0 Å². The predicted octanol–water partition coefficient (Wildman–Crippen LogP) is 13.8. The molecule has 10 aromatic rings. The van der Waals surface area contributed by atoms with Crippen molar-refractivity contribution in [3.8, 4) is 33.5 Å². The summed E-state index contributed by atoms with van der Waals surface area (Å²) >= 11 is 0. The summed E-state index contributed by atoms with van der Waals surface area (Å²) < 4.78 is 0. The zero-order valence-corrected chi connectivity index (χ0v) is 29.0. The van der Waals surface area contributed by atoms with Gasteiger partial charge in [-0.2, -0.15) is 0 Å². The van der Waals surface area contributed by atoms with Gasteiger partial charge in [-0.3, -0.25) is 0 Å². The number of hydrogen-bond acceptors (Lipinski definition) is 0. The second-order valence-corrected chi connectivity index (χ2v) is 16.2. The first-order valence-electron chi connectivity index (χ1n) is 17.6. The van der Waals surface area contributed by atoms with Crippen LogP contribution < -0.4 is 0 Å². The van der Waals surface area contributed by atoms with Gasteiger partial charge in [-0.05, 0) is 111 Å². The number of aromatic amines is 1. The van der Waals surface area contributed by atoms with Crippen LogP contribution in [0.3, 0.4) is 0 Å².